The Labute approximate surface area is 139 Å². The Bertz CT molecular complexity index is 843. The van der Waals surface area contributed by atoms with E-state index in [1.54, 1.807) is 6.92 Å². The molecule has 8 nitrogen and oxygen atoms in total. The van der Waals surface area contributed by atoms with Crippen LogP contribution in [0.4, 0.5) is 11.4 Å². The lowest BCUT2D eigenvalue weighted by Crippen LogP contribution is -2.12. The van der Waals surface area contributed by atoms with Gasteiger partial charge in [-0.2, -0.15) is 5.26 Å². The number of hydrogen-bond acceptors (Lipinski definition) is 6. The molecule has 1 aromatic heterocycles. The Morgan fingerprint density at radius 2 is 2.17 bits per heavy atom. The first kappa shape index (κ1) is 16.5. The normalized spacial score (nSPS) is 10.2. The van der Waals surface area contributed by atoms with Crippen molar-refractivity contribution < 1.29 is 14.5 Å². The van der Waals surface area contributed by atoms with E-state index in [1.165, 1.54) is 30.0 Å². The number of anilines is 1. The summed E-state index contributed by atoms with van der Waals surface area (Å²) in [5, 5.41) is 20.0. The van der Waals surface area contributed by atoms with E-state index >= 15 is 0 Å². The van der Waals surface area contributed by atoms with Gasteiger partial charge in [0.1, 0.15) is 6.07 Å². The van der Waals surface area contributed by atoms with Gasteiger partial charge in [0.25, 0.3) is 5.69 Å². The molecule has 0 atom stereocenters. The van der Waals surface area contributed by atoms with Crippen molar-refractivity contribution in [1.82, 2.24) is 4.57 Å². The topological polar surface area (TPSA) is 124 Å². The summed E-state index contributed by atoms with van der Waals surface area (Å²) >= 11 is 3.26. The number of carbonyl (C=O) groups excluding carboxylic acids is 1. The van der Waals surface area contributed by atoms with E-state index in [-0.39, 0.29) is 22.6 Å². The first-order valence-corrected chi connectivity index (χ1v) is 7.05. The van der Waals surface area contributed by atoms with Crippen molar-refractivity contribution in [3.05, 3.63) is 49.7 Å². The van der Waals surface area contributed by atoms with Crippen molar-refractivity contribution in [2.24, 2.45) is 0 Å². The van der Waals surface area contributed by atoms with Gasteiger partial charge in [0.15, 0.2) is 5.69 Å². The Balaban J connectivity index is 2.80. The summed E-state index contributed by atoms with van der Waals surface area (Å²) < 4.78 is 6.48. The number of aryl methyl sites for hydroxylation is 1. The Hall–Kier alpha value is -2.86. The van der Waals surface area contributed by atoms with Gasteiger partial charge in [-0.25, -0.2) is 4.79 Å². The minimum absolute atomic E-state index is 0.0102. The summed E-state index contributed by atoms with van der Waals surface area (Å²) in [5.74, 6) is -0.714. The summed E-state index contributed by atoms with van der Waals surface area (Å²) in [6, 6.07) is 4.57. The number of methoxy groups -OCH3 is 1. The number of nitrogens with two attached hydrogens (primary N) is 1. The molecule has 2 N–H and O–H groups in total. The van der Waals surface area contributed by atoms with Crippen LogP contribution in [0, 0.1) is 28.4 Å². The lowest BCUT2D eigenvalue weighted by molar-refractivity contribution is -0.385. The summed E-state index contributed by atoms with van der Waals surface area (Å²) in [6.45, 7) is 1.65. The van der Waals surface area contributed by atoms with Crippen molar-refractivity contribution in [3.63, 3.8) is 0 Å². The lowest BCUT2D eigenvalue weighted by atomic mass is 10.1. The number of ether oxygens (including phenoxy) is 1. The Kier molecular flexibility index (Phi) is 4.38. The summed E-state index contributed by atoms with van der Waals surface area (Å²) in [5.41, 5.74) is 6.81. The van der Waals surface area contributed by atoms with E-state index in [4.69, 9.17) is 15.7 Å². The number of carbonyl (C=O) groups is 1. The van der Waals surface area contributed by atoms with Gasteiger partial charge in [0.05, 0.1) is 29.0 Å². The molecule has 0 fully saturated rings. The van der Waals surface area contributed by atoms with Crippen molar-refractivity contribution in [2.75, 3.05) is 12.8 Å². The van der Waals surface area contributed by atoms with Crippen LogP contribution in [0.25, 0.3) is 5.69 Å². The molecule has 0 spiro atoms. The fourth-order valence-electron chi connectivity index (χ4n) is 2.22. The van der Waals surface area contributed by atoms with Crippen LogP contribution >= 0.6 is 15.9 Å². The lowest BCUT2D eigenvalue weighted by Gasteiger charge is -2.13. The van der Waals surface area contributed by atoms with Gasteiger partial charge in [-0.05, 0) is 28.4 Å². The number of benzene rings is 1. The number of nitrogen functional groups attached to an aromatic ring is 1. The minimum Gasteiger partial charge on any atom is -0.464 e. The first-order chi connectivity index (χ1) is 10.8. The van der Waals surface area contributed by atoms with E-state index < -0.39 is 10.9 Å². The smallest absolute Gasteiger partial charge is 0.357 e. The molecule has 2 aromatic rings. The molecule has 0 amide bonds. The molecule has 2 rings (SSSR count). The number of halogens is 1. The molecule has 1 aromatic carbocycles. The van der Waals surface area contributed by atoms with Gasteiger partial charge < -0.3 is 15.0 Å². The minimum atomic E-state index is -0.714. The molecule has 0 saturated heterocycles. The largest absolute Gasteiger partial charge is 0.464 e. The van der Waals surface area contributed by atoms with Crippen LogP contribution in [-0.4, -0.2) is 22.6 Å². The highest BCUT2D eigenvalue weighted by Gasteiger charge is 2.24. The van der Waals surface area contributed by atoms with E-state index in [0.717, 1.165) is 0 Å². The van der Waals surface area contributed by atoms with E-state index in [0.29, 0.717) is 15.7 Å². The second-order valence-electron chi connectivity index (χ2n) is 4.63. The molecule has 0 aliphatic heterocycles. The third-order valence-corrected chi connectivity index (χ3v) is 3.84. The van der Waals surface area contributed by atoms with Crippen LogP contribution in [0.1, 0.15) is 21.6 Å². The molecule has 0 unspecified atom stereocenters. The van der Waals surface area contributed by atoms with Crippen LogP contribution in [-0.2, 0) is 4.74 Å². The van der Waals surface area contributed by atoms with E-state index in [2.05, 4.69) is 15.9 Å². The molecule has 9 heteroatoms. The highest BCUT2D eigenvalue weighted by molar-refractivity contribution is 9.10. The number of non-ortho nitro benzene ring substituents is 1. The third-order valence-electron chi connectivity index (χ3n) is 3.23. The molecule has 0 aliphatic rings. The van der Waals surface area contributed by atoms with Gasteiger partial charge >= 0.3 is 5.97 Å². The zero-order valence-electron chi connectivity index (χ0n) is 12.2. The van der Waals surface area contributed by atoms with Gasteiger partial charge in [0, 0.05) is 22.8 Å². The summed E-state index contributed by atoms with van der Waals surface area (Å²) in [4.78, 5) is 22.4. The Morgan fingerprint density at radius 1 is 1.52 bits per heavy atom. The fraction of sp³-hybridized carbons (Fsp3) is 0.143. The molecule has 0 aliphatic carbocycles. The Morgan fingerprint density at radius 3 is 2.65 bits per heavy atom. The number of nitro groups is 1. The fourth-order valence-corrected chi connectivity index (χ4v) is 2.96. The zero-order chi connectivity index (χ0) is 17.3. The second kappa shape index (κ2) is 6.10. The number of hydrogen-bond donors (Lipinski definition) is 1. The quantitative estimate of drug-likeness (QED) is 0.497. The summed E-state index contributed by atoms with van der Waals surface area (Å²) in [7, 11) is 1.20. The van der Waals surface area contributed by atoms with Crippen molar-refractivity contribution in [3.8, 4) is 11.8 Å². The van der Waals surface area contributed by atoms with Crippen molar-refractivity contribution in [2.45, 2.75) is 6.92 Å². The van der Waals surface area contributed by atoms with Gasteiger partial charge in [-0.1, -0.05) is 0 Å². The van der Waals surface area contributed by atoms with Gasteiger partial charge in [-0.15, -0.1) is 0 Å². The van der Waals surface area contributed by atoms with Crippen LogP contribution in [0.5, 0.6) is 0 Å². The van der Waals surface area contributed by atoms with Gasteiger partial charge in [-0.3, -0.25) is 10.1 Å². The zero-order valence-corrected chi connectivity index (χ0v) is 13.7. The average Bonchev–Trinajstić information content (AvgIpc) is 2.82. The molecular weight excluding hydrogens is 368 g/mol. The average molecular weight is 379 g/mol. The highest BCUT2D eigenvalue weighted by atomic mass is 79.9. The predicted octanol–water partition coefficient (Wildman–Crippen LogP) is 2.70. The number of rotatable bonds is 3. The maximum Gasteiger partial charge on any atom is 0.357 e. The van der Waals surface area contributed by atoms with Crippen molar-refractivity contribution >= 4 is 33.3 Å². The SMILES string of the molecule is COC(=O)c1c(N)c(C#N)cn1-c1c(C)cc([N+](=O)[O-])cc1Br. The monoisotopic (exact) mass is 378 g/mol. The van der Waals surface area contributed by atoms with E-state index in [9.17, 15) is 14.9 Å². The molecule has 118 valence electrons. The standard InChI is InChI=1S/C14H11BrN4O4/c1-7-3-9(19(21)22)4-10(15)12(7)18-6-8(5-16)11(17)13(18)14(20)23-2/h3-4,6H,17H2,1-2H3. The molecule has 0 radical (unpaired) electrons. The molecule has 0 saturated carbocycles. The number of nitro benzene ring substituents is 1. The third kappa shape index (κ3) is 2.76. The van der Waals surface area contributed by atoms with Gasteiger partial charge in [0.2, 0.25) is 0 Å². The maximum atomic E-state index is 12.0. The number of aromatic nitrogens is 1. The first-order valence-electron chi connectivity index (χ1n) is 6.26. The highest BCUT2D eigenvalue weighted by Crippen LogP contribution is 2.33. The number of nitrogens with zero attached hydrogens (tertiary/aromatic N) is 3. The molecule has 0 bridgehead atoms. The van der Waals surface area contributed by atoms with Crippen molar-refractivity contribution in [1.29, 1.82) is 5.26 Å². The number of nitriles is 1. The number of esters is 1. The van der Waals surface area contributed by atoms with Crippen LogP contribution in [0.2, 0.25) is 0 Å². The van der Waals surface area contributed by atoms with Crippen LogP contribution in [0.15, 0.2) is 22.8 Å². The maximum absolute atomic E-state index is 12.0. The second-order valence-corrected chi connectivity index (χ2v) is 5.48. The van der Waals surface area contributed by atoms with Crippen LogP contribution < -0.4 is 5.73 Å². The molecule has 1 heterocycles. The summed E-state index contributed by atoms with van der Waals surface area (Å²) in [6.07, 6.45) is 1.39. The predicted molar refractivity (Wildman–Crippen MR) is 85.3 cm³/mol. The van der Waals surface area contributed by atoms with E-state index in [1.807, 2.05) is 6.07 Å². The molecule has 23 heavy (non-hydrogen) atoms. The van der Waals surface area contributed by atoms with Crippen LogP contribution in [0.3, 0.4) is 0 Å². The molecular formula is C14H11BrN4O4.